The Morgan fingerprint density at radius 3 is 2.41 bits per heavy atom. The van der Waals surface area contributed by atoms with E-state index in [0.717, 1.165) is 25.2 Å². The summed E-state index contributed by atoms with van der Waals surface area (Å²) in [6.45, 7) is 4.07. The summed E-state index contributed by atoms with van der Waals surface area (Å²) in [7, 11) is 0. The average Bonchev–Trinajstić information content (AvgIpc) is 2.39. The third kappa shape index (κ3) is 3.68. The molecular weight excluding hydrogens is 208 g/mol. The van der Waals surface area contributed by atoms with Gasteiger partial charge in [-0.25, -0.2) is 0 Å². The lowest BCUT2D eigenvalue weighted by atomic mass is 10.1. The van der Waals surface area contributed by atoms with E-state index in [1.807, 2.05) is 18.3 Å². The van der Waals surface area contributed by atoms with Crippen LogP contribution in [0.2, 0.25) is 0 Å². The van der Waals surface area contributed by atoms with Gasteiger partial charge < -0.3 is 5.32 Å². The van der Waals surface area contributed by atoms with Crippen LogP contribution in [0, 0.1) is 0 Å². The Balaban J connectivity index is 1.98. The zero-order valence-electron chi connectivity index (χ0n) is 10.2. The van der Waals surface area contributed by atoms with Crippen molar-refractivity contribution in [3.8, 4) is 0 Å². The van der Waals surface area contributed by atoms with Gasteiger partial charge in [0.2, 0.25) is 0 Å². The van der Waals surface area contributed by atoms with E-state index in [9.17, 15) is 0 Å². The Morgan fingerprint density at radius 2 is 1.76 bits per heavy atom. The molecule has 2 heteroatoms. The van der Waals surface area contributed by atoms with Crippen molar-refractivity contribution in [2.45, 2.75) is 19.9 Å². The van der Waals surface area contributed by atoms with Crippen LogP contribution in [0.1, 0.15) is 23.7 Å². The summed E-state index contributed by atoms with van der Waals surface area (Å²) in [6.07, 6.45) is 2.75. The fourth-order valence-electron chi connectivity index (χ4n) is 1.76. The van der Waals surface area contributed by atoms with Crippen LogP contribution in [0.25, 0.3) is 0 Å². The third-order valence-electron chi connectivity index (χ3n) is 2.71. The van der Waals surface area contributed by atoms with Gasteiger partial charge in [-0.1, -0.05) is 37.3 Å². The molecule has 1 aromatic carbocycles. The maximum atomic E-state index is 4.33. The van der Waals surface area contributed by atoms with Crippen molar-refractivity contribution in [3.63, 3.8) is 0 Å². The van der Waals surface area contributed by atoms with Crippen LogP contribution in [0.4, 0.5) is 0 Å². The molecule has 0 saturated heterocycles. The first-order valence-corrected chi connectivity index (χ1v) is 6.07. The Kier molecular flexibility index (Phi) is 4.28. The second-order valence-corrected chi connectivity index (χ2v) is 4.09. The highest BCUT2D eigenvalue weighted by atomic mass is 14.8. The van der Waals surface area contributed by atoms with Gasteiger partial charge in [-0.15, -0.1) is 0 Å². The van der Waals surface area contributed by atoms with Crippen LogP contribution < -0.4 is 5.32 Å². The molecule has 88 valence electrons. The van der Waals surface area contributed by atoms with Crippen LogP contribution in [0.3, 0.4) is 0 Å². The van der Waals surface area contributed by atoms with Crippen LogP contribution in [0.15, 0.2) is 48.7 Å². The van der Waals surface area contributed by atoms with Crippen LogP contribution >= 0.6 is 0 Å². The van der Waals surface area contributed by atoms with Gasteiger partial charge in [0, 0.05) is 24.9 Å². The molecule has 0 unspecified atom stereocenters. The number of pyridine rings is 1. The van der Waals surface area contributed by atoms with E-state index in [0.29, 0.717) is 0 Å². The van der Waals surface area contributed by atoms with Crippen molar-refractivity contribution in [2.24, 2.45) is 0 Å². The minimum absolute atomic E-state index is 0.905. The fraction of sp³-hybridized carbons (Fsp3) is 0.267. The second-order valence-electron chi connectivity index (χ2n) is 4.09. The normalized spacial score (nSPS) is 10.4. The van der Waals surface area contributed by atoms with E-state index in [4.69, 9.17) is 0 Å². The number of nitrogens with one attached hydrogen (secondary N) is 1. The molecule has 1 heterocycles. The molecule has 2 aromatic rings. The predicted octanol–water partition coefficient (Wildman–Crippen LogP) is 2.78. The van der Waals surface area contributed by atoms with Gasteiger partial charge in [-0.05, 0) is 29.8 Å². The third-order valence-corrected chi connectivity index (χ3v) is 2.71. The van der Waals surface area contributed by atoms with Crippen molar-refractivity contribution in [1.29, 1.82) is 0 Å². The lowest BCUT2D eigenvalue weighted by Gasteiger charge is -2.04. The summed E-state index contributed by atoms with van der Waals surface area (Å²) in [5.74, 6) is 0. The van der Waals surface area contributed by atoms with Crippen LogP contribution in [-0.2, 0) is 13.0 Å². The molecule has 0 bridgehead atoms. The van der Waals surface area contributed by atoms with Crippen molar-refractivity contribution in [3.05, 3.63) is 65.5 Å². The summed E-state index contributed by atoms with van der Waals surface area (Å²) >= 11 is 0. The molecule has 0 aliphatic rings. The average molecular weight is 226 g/mol. The smallest absolute Gasteiger partial charge is 0.0447 e. The molecule has 0 radical (unpaired) electrons. The molecule has 0 aliphatic heterocycles. The monoisotopic (exact) mass is 226 g/mol. The Morgan fingerprint density at radius 1 is 1.00 bits per heavy atom. The topological polar surface area (TPSA) is 24.9 Å². The molecule has 2 nitrogen and oxygen atoms in total. The van der Waals surface area contributed by atoms with Gasteiger partial charge in [0.1, 0.15) is 0 Å². The first-order chi connectivity index (χ1) is 8.38. The van der Waals surface area contributed by atoms with Gasteiger partial charge in [-0.2, -0.15) is 0 Å². The van der Waals surface area contributed by atoms with Crippen molar-refractivity contribution in [2.75, 3.05) is 6.54 Å². The zero-order chi connectivity index (χ0) is 11.9. The van der Waals surface area contributed by atoms with E-state index in [-0.39, 0.29) is 0 Å². The minimum Gasteiger partial charge on any atom is -0.313 e. The number of benzene rings is 1. The zero-order valence-corrected chi connectivity index (χ0v) is 10.2. The first kappa shape index (κ1) is 11.8. The van der Waals surface area contributed by atoms with Gasteiger partial charge >= 0.3 is 0 Å². The van der Waals surface area contributed by atoms with E-state index in [1.54, 1.807) is 0 Å². The Bertz CT molecular complexity index is 434. The van der Waals surface area contributed by atoms with Crippen LogP contribution in [-0.4, -0.2) is 11.5 Å². The number of hydrogen-bond donors (Lipinski definition) is 1. The number of aromatic nitrogens is 1. The molecular formula is C15H18N2. The summed E-state index contributed by atoms with van der Waals surface area (Å²) in [4.78, 5) is 4.33. The first-order valence-electron chi connectivity index (χ1n) is 6.07. The highest BCUT2D eigenvalue weighted by Gasteiger charge is 1.97. The van der Waals surface area contributed by atoms with Gasteiger partial charge in [-0.3, -0.25) is 4.98 Å². The summed E-state index contributed by atoms with van der Waals surface area (Å²) < 4.78 is 0. The lowest BCUT2D eigenvalue weighted by molar-refractivity contribution is 0.726. The number of rotatable bonds is 5. The Labute approximate surface area is 103 Å². The molecule has 0 spiro atoms. The van der Waals surface area contributed by atoms with Crippen molar-refractivity contribution in [1.82, 2.24) is 10.3 Å². The highest BCUT2D eigenvalue weighted by Crippen LogP contribution is 2.08. The van der Waals surface area contributed by atoms with E-state index in [2.05, 4.69) is 47.6 Å². The summed E-state index contributed by atoms with van der Waals surface area (Å²) in [5, 5.41) is 3.32. The van der Waals surface area contributed by atoms with E-state index >= 15 is 0 Å². The standard InChI is InChI=1S/C15H18N2/c1-2-16-12-14-8-6-13(7-9-14)11-15-5-3-4-10-17-15/h3-10,16H,2,11-12H2,1H3. The molecule has 17 heavy (non-hydrogen) atoms. The molecule has 0 fully saturated rings. The lowest BCUT2D eigenvalue weighted by Crippen LogP contribution is -2.11. The van der Waals surface area contributed by atoms with Crippen molar-refractivity contribution >= 4 is 0 Å². The summed E-state index contributed by atoms with van der Waals surface area (Å²) in [5.41, 5.74) is 3.76. The van der Waals surface area contributed by atoms with Gasteiger partial charge in [0.05, 0.1) is 0 Å². The molecule has 1 N–H and O–H groups in total. The summed E-state index contributed by atoms with van der Waals surface area (Å²) in [6, 6.07) is 14.8. The maximum Gasteiger partial charge on any atom is 0.0447 e. The SMILES string of the molecule is CCNCc1ccc(Cc2ccccn2)cc1. The molecule has 0 atom stereocenters. The number of hydrogen-bond acceptors (Lipinski definition) is 2. The second kappa shape index (κ2) is 6.16. The Hall–Kier alpha value is -1.67. The number of nitrogens with zero attached hydrogens (tertiary/aromatic N) is 1. The van der Waals surface area contributed by atoms with Crippen LogP contribution in [0.5, 0.6) is 0 Å². The molecule has 1 aromatic heterocycles. The molecule has 0 aliphatic carbocycles. The quantitative estimate of drug-likeness (QED) is 0.848. The van der Waals surface area contributed by atoms with E-state index in [1.165, 1.54) is 11.1 Å². The van der Waals surface area contributed by atoms with Gasteiger partial charge in [0.25, 0.3) is 0 Å². The maximum absolute atomic E-state index is 4.33. The molecule has 0 amide bonds. The fourth-order valence-corrected chi connectivity index (χ4v) is 1.76. The van der Waals surface area contributed by atoms with Gasteiger partial charge in [0.15, 0.2) is 0 Å². The minimum atomic E-state index is 0.905. The highest BCUT2D eigenvalue weighted by molar-refractivity contribution is 5.26. The largest absolute Gasteiger partial charge is 0.313 e. The van der Waals surface area contributed by atoms with Crippen molar-refractivity contribution < 1.29 is 0 Å². The predicted molar refractivity (Wildman–Crippen MR) is 70.9 cm³/mol. The molecule has 2 rings (SSSR count). The van der Waals surface area contributed by atoms with E-state index < -0.39 is 0 Å². The molecule has 0 saturated carbocycles.